The molecule has 9 heteroatoms. The average molecular weight is 569 g/mol. The normalized spacial score (nSPS) is 20.3. The van der Waals surface area contributed by atoms with Crippen molar-refractivity contribution < 1.29 is 19.1 Å². The molecular formula is C29H40Cl2FN3O3. The smallest absolute Gasteiger partial charge is 0.228 e. The number of rotatable bonds is 10. The van der Waals surface area contributed by atoms with Crippen LogP contribution in [-0.4, -0.2) is 42.7 Å². The van der Waals surface area contributed by atoms with Gasteiger partial charge in [-0.2, -0.15) is 0 Å². The minimum absolute atomic E-state index is 0.0473. The van der Waals surface area contributed by atoms with E-state index in [4.69, 9.17) is 28.3 Å². The monoisotopic (exact) mass is 567 g/mol. The second-order valence-electron chi connectivity index (χ2n) is 11.4. The Bertz CT molecular complexity index is 1070. The molecule has 0 heterocycles. The standard InChI is InChI=1S/C23H29Cl2FN2O.C6H11NO2/c1-23(2,3)12-11-18(22(29)28-16-8-5-7-15(24)13-16)19(14-27-4)17-9-6-10-20(25)21(17)26;1-6(9)2-5(3-6)7-4-8/h5-10,13,18-19,27H,11-12,14H2,1-4H3,(H,28,29);4-5,9H,2-3H2,1H3,(H,7,8). The highest BCUT2D eigenvalue weighted by atomic mass is 35.5. The molecule has 2 amide bonds. The molecule has 2 aromatic rings. The lowest BCUT2D eigenvalue weighted by Gasteiger charge is -2.40. The molecule has 0 bridgehead atoms. The Hall–Kier alpha value is -2.19. The van der Waals surface area contributed by atoms with Crippen LogP contribution in [0.3, 0.4) is 0 Å². The zero-order valence-electron chi connectivity index (χ0n) is 22.8. The van der Waals surface area contributed by atoms with Crippen LogP contribution < -0.4 is 16.0 Å². The van der Waals surface area contributed by atoms with Gasteiger partial charge in [-0.25, -0.2) is 4.39 Å². The van der Waals surface area contributed by atoms with Crippen molar-refractivity contribution in [2.45, 2.75) is 70.9 Å². The van der Waals surface area contributed by atoms with Crippen molar-refractivity contribution in [1.82, 2.24) is 10.6 Å². The van der Waals surface area contributed by atoms with Crippen molar-refractivity contribution in [2.75, 3.05) is 18.9 Å². The Kier molecular flexibility index (Phi) is 12.0. The molecule has 4 N–H and O–H groups in total. The van der Waals surface area contributed by atoms with Crippen LogP contribution in [0, 0.1) is 17.2 Å². The molecule has 0 aliphatic heterocycles. The molecule has 0 spiro atoms. The number of hydrogen-bond acceptors (Lipinski definition) is 4. The maximum absolute atomic E-state index is 14.8. The molecule has 3 rings (SSSR count). The minimum atomic E-state index is -0.527. The van der Waals surface area contributed by atoms with E-state index in [9.17, 15) is 14.0 Å². The van der Waals surface area contributed by atoms with Gasteiger partial charge in [-0.3, -0.25) is 9.59 Å². The minimum Gasteiger partial charge on any atom is -0.390 e. The van der Waals surface area contributed by atoms with E-state index in [1.54, 1.807) is 50.4 Å². The summed E-state index contributed by atoms with van der Waals surface area (Å²) < 4.78 is 14.8. The summed E-state index contributed by atoms with van der Waals surface area (Å²) in [4.78, 5) is 23.1. The fourth-order valence-electron chi connectivity index (χ4n) is 4.62. The highest BCUT2D eigenvalue weighted by Gasteiger charge is 2.37. The van der Waals surface area contributed by atoms with Crippen molar-refractivity contribution in [3.63, 3.8) is 0 Å². The van der Waals surface area contributed by atoms with E-state index in [2.05, 4.69) is 36.7 Å². The van der Waals surface area contributed by atoms with Crippen molar-refractivity contribution in [3.05, 3.63) is 63.9 Å². The van der Waals surface area contributed by atoms with Gasteiger partial charge in [0.15, 0.2) is 0 Å². The summed E-state index contributed by atoms with van der Waals surface area (Å²) >= 11 is 12.1. The highest BCUT2D eigenvalue weighted by molar-refractivity contribution is 6.31. The molecule has 1 saturated carbocycles. The lowest BCUT2D eigenvalue weighted by atomic mass is 9.77. The van der Waals surface area contributed by atoms with Crippen LogP contribution >= 0.6 is 23.2 Å². The van der Waals surface area contributed by atoms with Crippen LogP contribution in [0.15, 0.2) is 42.5 Å². The molecular weight excluding hydrogens is 528 g/mol. The Morgan fingerprint density at radius 2 is 1.87 bits per heavy atom. The molecule has 0 aromatic heterocycles. The van der Waals surface area contributed by atoms with E-state index in [1.165, 1.54) is 6.07 Å². The van der Waals surface area contributed by atoms with Gasteiger partial charge in [-0.1, -0.05) is 62.2 Å². The first-order valence-electron chi connectivity index (χ1n) is 12.8. The van der Waals surface area contributed by atoms with Crippen molar-refractivity contribution >= 4 is 41.2 Å². The lowest BCUT2D eigenvalue weighted by Crippen LogP contribution is -2.51. The van der Waals surface area contributed by atoms with E-state index in [0.717, 1.165) is 6.42 Å². The summed E-state index contributed by atoms with van der Waals surface area (Å²) in [6, 6.07) is 12.2. The van der Waals surface area contributed by atoms with Crippen molar-refractivity contribution in [3.8, 4) is 0 Å². The predicted octanol–water partition coefficient (Wildman–Crippen LogP) is 6.16. The maximum Gasteiger partial charge on any atom is 0.228 e. The van der Waals surface area contributed by atoms with Crippen LogP contribution in [0.1, 0.15) is 64.9 Å². The summed E-state index contributed by atoms with van der Waals surface area (Å²) in [7, 11) is 1.80. The summed E-state index contributed by atoms with van der Waals surface area (Å²) in [5.74, 6) is -1.42. The van der Waals surface area contributed by atoms with Gasteiger partial charge in [0.05, 0.1) is 10.6 Å². The number of aliphatic hydroxyl groups is 1. The molecule has 1 aliphatic rings. The topological polar surface area (TPSA) is 90.5 Å². The molecule has 210 valence electrons. The number of carbonyl (C=O) groups is 2. The zero-order valence-corrected chi connectivity index (χ0v) is 24.3. The van der Waals surface area contributed by atoms with E-state index >= 15 is 0 Å². The number of hydrogen-bond donors (Lipinski definition) is 4. The number of nitrogens with one attached hydrogen (secondary N) is 3. The third-order valence-electron chi connectivity index (χ3n) is 6.60. The van der Waals surface area contributed by atoms with E-state index in [0.29, 0.717) is 48.5 Å². The van der Waals surface area contributed by atoms with Crippen molar-refractivity contribution in [2.24, 2.45) is 11.3 Å². The van der Waals surface area contributed by atoms with Gasteiger partial charge in [0.25, 0.3) is 0 Å². The largest absolute Gasteiger partial charge is 0.390 e. The number of carbonyl (C=O) groups excluding carboxylic acids is 2. The number of benzene rings is 2. The fourth-order valence-corrected chi connectivity index (χ4v) is 4.99. The number of likely N-dealkylation sites (N-methyl/N-ethyl adjacent to an activating group) is 1. The quantitative estimate of drug-likeness (QED) is 0.259. The van der Waals surface area contributed by atoms with Crippen LogP contribution in [-0.2, 0) is 9.59 Å². The first kappa shape index (κ1) is 32.0. The lowest BCUT2D eigenvalue weighted by molar-refractivity contribution is -0.121. The third-order valence-corrected chi connectivity index (χ3v) is 7.13. The molecule has 0 radical (unpaired) electrons. The number of anilines is 1. The first-order valence-corrected chi connectivity index (χ1v) is 13.6. The number of amides is 2. The van der Waals surface area contributed by atoms with Crippen LogP contribution in [0.2, 0.25) is 10.0 Å². The first-order chi connectivity index (χ1) is 17.8. The van der Waals surface area contributed by atoms with E-state index < -0.39 is 17.3 Å². The fraction of sp³-hybridized carbons (Fsp3) is 0.517. The third kappa shape index (κ3) is 10.2. The van der Waals surface area contributed by atoms with Gasteiger partial charge in [-0.15, -0.1) is 0 Å². The Balaban J connectivity index is 0.000000474. The molecule has 2 atom stereocenters. The average Bonchev–Trinajstić information content (AvgIpc) is 2.79. The van der Waals surface area contributed by atoms with Gasteiger partial charge >= 0.3 is 0 Å². The second-order valence-corrected chi connectivity index (χ2v) is 12.2. The van der Waals surface area contributed by atoms with Crippen LogP contribution in [0.5, 0.6) is 0 Å². The summed E-state index contributed by atoms with van der Waals surface area (Å²) in [6.45, 7) is 8.62. The van der Waals surface area contributed by atoms with Gasteiger partial charge in [0, 0.05) is 35.1 Å². The Labute approximate surface area is 235 Å². The predicted molar refractivity (Wildman–Crippen MR) is 153 cm³/mol. The van der Waals surface area contributed by atoms with Crippen LogP contribution in [0.25, 0.3) is 0 Å². The van der Waals surface area contributed by atoms with E-state index in [1.807, 2.05) is 0 Å². The summed E-state index contributed by atoms with van der Waals surface area (Å²) in [6.07, 6.45) is 3.49. The highest BCUT2D eigenvalue weighted by Crippen LogP contribution is 2.36. The van der Waals surface area contributed by atoms with Gasteiger partial charge in [0.1, 0.15) is 5.82 Å². The van der Waals surface area contributed by atoms with E-state index in [-0.39, 0.29) is 28.3 Å². The maximum atomic E-state index is 14.8. The van der Waals surface area contributed by atoms with Gasteiger partial charge in [-0.05, 0) is 74.9 Å². The van der Waals surface area contributed by atoms with Gasteiger partial charge in [0.2, 0.25) is 12.3 Å². The molecule has 1 aliphatic carbocycles. The second kappa shape index (κ2) is 14.3. The number of halogens is 3. The molecule has 38 heavy (non-hydrogen) atoms. The molecule has 0 saturated heterocycles. The molecule has 2 unspecified atom stereocenters. The molecule has 2 aromatic carbocycles. The molecule has 6 nitrogen and oxygen atoms in total. The Morgan fingerprint density at radius 1 is 1.21 bits per heavy atom. The van der Waals surface area contributed by atoms with Crippen molar-refractivity contribution in [1.29, 1.82) is 0 Å². The molecule has 1 fully saturated rings. The summed E-state index contributed by atoms with van der Waals surface area (Å²) in [5, 5.41) is 18.4. The van der Waals surface area contributed by atoms with Gasteiger partial charge < -0.3 is 21.1 Å². The zero-order chi connectivity index (χ0) is 28.5. The Morgan fingerprint density at radius 3 is 2.42 bits per heavy atom. The van der Waals surface area contributed by atoms with Crippen LogP contribution in [0.4, 0.5) is 10.1 Å². The summed E-state index contributed by atoms with van der Waals surface area (Å²) in [5.41, 5.74) is 0.594. The SMILES string of the molecule is CC1(O)CC(NC=O)C1.CNCC(c1cccc(Cl)c1F)C(CCC(C)(C)C)C(=O)Nc1cccc(Cl)c1.